The van der Waals surface area contributed by atoms with E-state index in [1.807, 2.05) is 10.9 Å². The van der Waals surface area contributed by atoms with Crippen molar-refractivity contribution in [2.75, 3.05) is 0 Å². The van der Waals surface area contributed by atoms with Gasteiger partial charge in [-0.15, -0.1) is 5.10 Å². The molecule has 0 radical (unpaired) electrons. The molecule has 2 saturated carbocycles. The monoisotopic (exact) mass is 318 g/mol. The summed E-state index contributed by atoms with van der Waals surface area (Å²) in [6.07, 6.45) is 8.72. The van der Waals surface area contributed by atoms with Gasteiger partial charge in [0.25, 0.3) is 0 Å². The lowest BCUT2D eigenvalue weighted by Crippen LogP contribution is -2.39. The largest absolute Gasteiger partial charge is 0.390 e. The van der Waals surface area contributed by atoms with E-state index >= 15 is 0 Å². The third-order valence-corrected chi connectivity index (χ3v) is 4.73. The van der Waals surface area contributed by atoms with Gasteiger partial charge >= 0.3 is 0 Å². The van der Waals surface area contributed by atoms with E-state index in [4.69, 9.17) is 9.63 Å². The molecule has 0 aliphatic heterocycles. The lowest BCUT2D eigenvalue weighted by molar-refractivity contribution is 0.233. The second kappa shape index (κ2) is 6.37. The molecule has 2 aromatic rings. The van der Waals surface area contributed by atoms with Crippen LogP contribution < -0.4 is 5.32 Å². The van der Waals surface area contributed by atoms with Gasteiger partial charge in [0.15, 0.2) is 5.82 Å². The van der Waals surface area contributed by atoms with Crippen LogP contribution in [0.2, 0.25) is 0 Å². The van der Waals surface area contributed by atoms with Crippen molar-refractivity contribution in [2.45, 2.75) is 69.7 Å². The van der Waals surface area contributed by atoms with Crippen molar-refractivity contribution in [3.63, 3.8) is 0 Å². The molecule has 2 aliphatic carbocycles. The first-order chi connectivity index (χ1) is 11.3. The molecule has 0 bridgehead atoms. The van der Waals surface area contributed by atoms with Crippen LogP contribution in [0.5, 0.6) is 0 Å². The summed E-state index contributed by atoms with van der Waals surface area (Å²) in [4.78, 5) is 4.46. The first-order valence-electron chi connectivity index (χ1n) is 8.41. The highest BCUT2D eigenvalue weighted by Gasteiger charge is 2.30. The lowest BCUT2D eigenvalue weighted by Gasteiger charge is -2.31. The molecule has 0 unspecified atom stereocenters. The average Bonchev–Trinajstić information content (AvgIpc) is 3.14. The summed E-state index contributed by atoms with van der Waals surface area (Å²) in [5, 5.41) is 24.9. The van der Waals surface area contributed by atoms with Crippen LogP contribution >= 0.6 is 0 Å². The number of hydrogen-bond acceptors (Lipinski definition) is 7. The fraction of sp³-hybridized carbons (Fsp3) is 0.733. The molecule has 23 heavy (non-hydrogen) atoms. The minimum absolute atomic E-state index is 0.0727. The average molecular weight is 318 g/mol. The summed E-state index contributed by atoms with van der Waals surface area (Å²) in [5.41, 5.74) is 0.611. The van der Waals surface area contributed by atoms with Gasteiger partial charge in [-0.3, -0.25) is 0 Å². The maximum absolute atomic E-state index is 9.16. The molecule has 8 heteroatoms. The molecule has 4 rings (SSSR count). The van der Waals surface area contributed by atoms with Crippen molar-refractivity contribution in [2.24, 2.45) is 0 Å². The minimum atomic E-state index is -0.0727. The van der Waals surface area contributed by atoms with Crippen LogP contribution in [-0.2, 0) is 13.2 Å². The fourth-order valence-corrected chi connectivity index (χ4v) is 3.28. The number of rotatable bonds is 6. The maximum atomic E-state index is 9.16. The summed E-state index contributed by atoms with van der Waals surface area (Å²) in [6, 6.07) is 0.552. The number of nitrogens with zero attached hydrogens (tertiary/aromatic N) is 5. The Hall–Kier alpha value is -1.80. The van der Waals surface area contributed by atoms with Crippen LogP contribution in [0.15, 0.2) is 10.7 Å². The van der Waals surface area contributed by atoms with Crippen LogP contribution in [0, 0.1) is 0 Å². The maximum Gasteiger partial charge on any atom is 0.240 e. The normalized spacial score (nSPS) is 24.9. The molecule has 2 heterocycles. The highest BCUT2D eigenvalue weighted by Crippen LogP contribution is 2.38. The van der Waals surface area contributed by atoms with Gasteiger partial charge < -0.3 is 14.9 Å². The number of hydrogen-bond donors (Lipinski definition) is 2. The van der Waals surface area contributed by atoms with Crippen molar-refractivity contribution in [1.82, 2.24) is 30.5 Å². The van der Waals surface area contributed by atoms with Crippen LogP contribution in [0.3, 0.4) is 0 Å². The highest BCUT2D eigenvalue weighted by atomic mass is 16.5. The van der Waals surface area contributed by atoms with Gasteiger partial charge in [-0.2, -0.15) is 4.98 Å². The quantitative estimate of drug-likeness (QED) is 0.827. The standard InChI is InChI=1S/C15H22N6O2/c22-9-11-8-21(20-18-11)13-4-2-1-3-12(13)16-7-14-17-15(19-23-14)10-5-6-10/h8,10,12-13,16,22H,1-7,9H2/t12-,13+/m0/s1. The predicted molar refractivity (Wildman–Crippen MR) is 80.4 cm³/mol. The fourth-order valence-electron chi connectivity index (χ4n) is 3.28. The van der Waals surface area contributed by atoms with Gasteiger partial charge in [-0.25, -0.2) is 4.68 Å². The summed E-state index contributed by atoms with van der Waals surface area (Å²) < 4.78 is 7.21. The molecule has 0 amide bonds. The molecule has 2 atom stereocenters. The second-order valence-corrected chi connectivity index (χ2v) is 6.51. The Morgan fingerprint density at radius 2 is 2.13 bits per heavy atom. The SMILES string of the molecule is OCc1cn([C@@H]2CCCC[C@@H]2NCc2nc(C3CC3)no2)nn1. The molecule has 2 aliphatic rings. The van der Waals surface area contributed by atoms with Crippen molar-refractivity contribution in [1.29, 1.82) is 0 Å². The smallest absolute Gasteiger partial charge is 0.240 e. The molecular formula is C15H22N6O2. The van der Waals surface area contributed by atoms with E-state index in [9.17, 15) is 0 Å². The van der Waals surface area contributed by atoms with Crippen LogP contribution in [0.4, 0.5) is 0 Å². The molecule has 0 aromatic carbocycles. The van der Waals surface area contributed by atoms with E-state index in [2.05, 4.69) is 25.8 Å². The Bertz CT molecular complexity index is 650. The summed E-state index contributed by atoms with van der Waals surface area (Å²) in [6.45, 7) is 0.513. The van der Waals surface area contributed by atoms with E-state index in [0.29, 0.717) is 30.1 Å². The predicted octanol–water partition coefficient (Wildman–Crippen LogP) is 1.30. The van der Waals surface area contributed by atoms with E-state index in [1.165, 1.54) is 25.7 Å². The molecule has 2 N–H and O–H groups in total. The Labute approximate surface area is 134 Å². The van der Waals surface area contributed by atoms with Gasteiger partial charge in [-0.05, 0) is 25.7 Å². The summed E-state index contributed by atoms with van der Waals surface area (Å²) in [7, 11) is 0. The topological polar surface area (TPSA) is 102 Å². The lowest BCUT2D eigenvalue weighted by atomic mass is 9.90. The number of aromatic nitrogens is 5. The Morgan fingerprint density at radius 3 is 2.91 bits per heavy atom. The minimum Gasteiger partial charge on any atom is -0.390 e. The third-order valence-electron chi connectivity index (χ3n) is 4.73. The number of aliphatic hydroxyl groups excluding tert-OH is 1. The van der Waals surface area contributed by atoms with Gasteiger partial charge in [0.05, 0.1) is 25.4 Å². The van der Waals surface area contributed by atoms with Gasteiger partial charge in [0.1, 0.15) is 5.69 Å². The second-order valence-electron chi connectivity index (χ2n) is 6.51. The first kappa shape index (κ1) is 14.8. The van der Waals surface area contributed by atoms with E-state index in [1.54, 1.807) is 0 Å². The van der Waals surface area contributed by atoms with E-state index in [0.717, 1.165) is 18.7 Å². The molecule has 124 valence electrons. The zero-order chi connectivity index (χ0) is 15.6. The highest BCUT2D eigenvalue weighted by molar-refractivity contribution is 5.03. The molecule has 0 spiro atoms. The van der Waals surface area contributed by atoms with Crippen molar-refractivity contribution in [3.8, 4) is 0 Å². The zero-order valence-corrected chi connectivity index (χ0v) is 13.1. The van der Waals surface area contributed by atoms with Crippen molar-refractivity contribution in [3.05, 3.63) is 23.6 Å². The number of nitrogens with one attached hydrogen (secondary N) is 1. The van der Waals surface area contributed by atoms with Crippen molar-refractivity contribution >= 4 is 0 Å². The van der Waals surface area contributed by atoms with Gasteiger partial charge in [0, 0.05) is 12.0 Å². The van der Waals surface area contributed by atoms with E-state index in [-0.39, 0.29) is 12.6 Å². The van der Waals surface area contributed by atoms with Gasteiger partial charge in [0.2, 0.25) is 5.89 Å². The Balaban J connectivity index is 1.40. The molecule has 2 fully saturated rings. The van der Waals surface area contributed by atoms with Crippen LogP contribution in [0.1, 0.15) is 67.9 Å². The Kier molecular flexibility index (Phi) is 4.09. The molecule has 2 aromatic heterocycles. The molecular weight excluding hydrogens is 296 g/mol. The zero-order valence-electron chi connectivity index (χ0n) is 13.1. The first-order valence-corrected chi connectivity index (χ1v) is 8.41. The van der Waals surface area contributed by atoms with Crippen LogP contribution in [0.25, 0.3) is 0 Å². The Morgan fingerprint density at radius 1 is 1.26 bits per heavy atom. The molecule has 0 saturated heterocycles. The van der Waals surface area contributed by atoms with Crippen LogP contribution in [-0.4, -0.2) is 36.3 Å². The van der Waals surface area contributed by atoms with Gasteiger partial charge in [-0.1, -0.05) is 23.2 Å². The number of aliphatic hydroxyl groups is 1. The van der Waals surface area contributed by atoms with E-state index < -0.39 is 0 Å². The third kappa shape index (κ3) is 3.28. The summed E-state index contributed by atoms with van der Waals surface area (Å²) in [5.74, 6) is 2.03. The summed E-state index contributed by atoms with van der Waals surface area (Å²) >= 11 is 0. The molecule has 8 nitrogen and oxygen atoms in total. The van der Waals surface area contributed by atoms with Crippen molar-refractivity contribution < 1.29 is 9.63 Å².